The van der Waals surface area contributed by atoms with Crippen molar-refractivity contribution in [3.8, 4) is 5.88 Å². The maximum absolute atomic E-state index is 5.31. The van der Waals surface area contributed by atoms with Crippen LogP contribution in [0.3, 0.4) is 0 Å². The van der Waals surface area contributed by atoms with E-state index in [0.717, 1.165) is 43.2 Å². The minimum absolute atomic E-state index is 0.498. The zero-order chi connectivity index (χ0) is 19.1. The van der Waals surface area contributed by atoms with Crippen LogP contribution < -0.4 is 14.5 Å². The lowest BCUT2D eigenvalue weighted by molar-refractivity contribution is 0.395. The summed E-state index contributed by atoms with van der Waals surface area (Å²) in [6, 6.07) is 11.4. The van der Waals surface area contributed by atoms with Crippen molar-refractivity contribution < 1.29 is 4.74 Å². The van der Waals surface area contributed by atoms with Crippen LogP contribution in [0.1, 0.15) is 25.7 Å². The van der Waals surface area contributed by atoms with Crippen LogP contribution in [0, 0.1) is 0 Å². The molecule has 1 aromatic carbocycles. The van der Waals surface area contributed by atoms with Gasteiger partial charge in [0.1, 0.15) is 12.1 Å². The molecule has 1 aliphatic heterocycles. The van der Waals surface area contributed by atoms with Gasteiger partial charge in [0.15, 0.2) is 0 Å². The average molecular weight is 378 g/mol. The zero-order valence-corrected chi connectivity index (χ0v) is 16.5. The predicted octanol–water partition coefficient (Wildman–Crippen LogP) is 3.01. The number of methoxy groups -OCH3 is 1. The van der Waals surface area contributed by atoms with Crippen molar-refractivity contribution in [1.82, 2.24) is 19.5 Å². The fourth-order valence-corrected chi connectivity index (χ4v) is 4.37. The molecule has 2 aliphatic rings. The van der Waals surface area contributed by atoms with E-state index < -0.39 is 0 Å². The molecule has 2 aromatic heterocycles. The molecule has 3 aromatic rings. The van der Waals surface area contributed by atoms with Crippen molar-refractivity contribution in [3.05, 3.63) is 36.7 Å². The third kappa shape index (κ3) is 3.04. The minimum atomic E-state index is 0.498. The molecule has 7 nitrogen and oxygen atoms in total. The van der Waals surface area contributed by atoms with Crippen LogP contribution in [0.15, 0.2) is 36.7 Å². The predicted molar refractivity (Wildman–Crippen MR) is 110 cm³/mol. The number of benzene rings is 1. The van der Waals surface area contributed by atoms with Crippen molar-refractivity contribution in [2.24, 2.45) is 7.05 Å². The zero-order valence-electron chi connectivity index (χ0n) is 16.5. The van der Waals surface area contributed by atoms with Gasteiger partial charge >= 0.3 is 0 Å². The van der Waals surface area contributed by atoms with E-state index in [1.165, 1.54) is 18.4 Å². The van der Waals surface area contributed by atoms with E-state index >= 15 is 0 Å². The molecule has 5 rings (SSSR count). The Bertz CT molecular complexity index is 974. The van der Waals surface area contributed by atoms with E-state index in [0.29, 0.717) is 18.0 Å². The third-order valence-electron chi connectivity index (χ3n) is 5.95. The fraction of sp³-hybridized carbons (Fsp3) is 0.476. The monoisotopic (exact) mass is 378 g/mol. The summed E-state index contributed by atoms with van der Waals surface area (Å²) >= 11 is 0. The summed E-state index contributed by atoms with van der Waals surface area (Å²) in [6.07, 6.45) is 6.31. The van der Waals surface area contributed by atoms with Gasteiger partial charge in [-0.3, -0.25) is 0 Å². The van der Waals surface area contributed by atoms with E-state index in [1.54, 1.807) is 13.4 Å². The third-order valence-corrected chi connectivity index (χ3v) is 5.95. The number of hydrogen-bond acceptors (Lipinski definition) is 6. The highest BCUT2D eigenvalue weighted by Gasteiger charge is 2.37. The second-order valence-electron chi connectivity index (χ2n) is 7.73. The summed E-state index contributed by atoms with van der Waals surface area (Å²) in [5.41, 5.74) is 2.25. The first-order valence-corrected chi connectivity index (χ1v) is 10.1. The Labute approximate surface area is 165 Å². The largest absolute Gasteiger partial charge is 0.481 e. The molecule has 0 atom stereocenters. The van der Waals surface area contributed by atoms with Gasteiger partial charge in [0.05, 0.1) is 18.1 Å². The number of aromatic nitrogens is 4. The molecule has 0 N–H and O–H groups in total. The summed E-state index contributed by atoms with van der Waals surface area (Å²) in [6.45, 7) is 2.01. The molecule has 7 heteroatoms. The van der Waals surface area contributed by atoms with E-state index in [9.17, 15) is 0 Å². The molecule has 0 spiro atoms. The number of rotatable bonds is 5. The van der Waals surface area contributed by atoms with Gasteiger partial charge in [-0.25, -0.2) is 15.0 Å². The van der Waals surface area contributed by atoms with Crippen LogP contribution in [-0.2, 0) is 7.05 Å². The molecule has 2 fully saturated rings. The highest BCUT2D eigenvalue weighted by atomic mass is 16.5. The van der Waals surface area contributed by atoms with Crippen molar-refractivity contribution in [2.45, 2.75) is 37.8 Å². The molecule has 1 aliphatic carbocycles. The first-order valence-electron chi connectivity index (χ1n) is 10.1. The number of piperidine rings is 1. The summed E-state index contributed by atoms with van der Waals surface area (Å²) in [4.78, 5) is 18.5. The standard InChI is InChI=1S/C21H26N6O/c1-25-18-6-4-3-5-17(18)24-21(25)26-11-9-16(10-12-26)27(15-7-8-15)19-13-20(28-2)23-14-22-19/h3-6,13-16H,7-12H2,1-2H3. The number of anilines is 2. The summed E-state index contributed by atoms with van der Waals surface area (Å²) in [5, 5.41) is 0. The van der Waals surface area contributed by atoms with Crippen LogP contribution in [0.2, 0.25) is 0 Å². The van der Waals surface area contributed by atoms with Gasteiger partial charge < -0.3 is 19.1 Å². The summed E-state index contributed by atoms with van der Waals surface area (Å²) in [7, 11) is 3.77. The lowest BCUT2D eigenvalue weighted by Crippen LogP contribution is -2.47. The second kappa shape index (κ2) is 6.96. The Hall–Kier alpha value is -2.83. The van der Waals surface area contributed by atoms with Gasteiger partial charge in [-0.05, 0) is 37.8 Å². The van der Waals surface area contributed by atoms with Gasteiger partial charge in [0, 0.05) is 38.3 Å². The Balaban J connectivity index is 1.34. The van der Waals surface area contributed by atoms with E-state index in [1.807, 2.05) is 6.07 Å². The Morgan fingerprint density at radius 3 is 2.50 bits per heavy atom. The number of aryl methyl sites for hydroxylation is 1. The van der Waals surface area contributed by atoms with E-state index in [2.05, 4.69) is 55.6 Å². The lowest BCUT2D eigenvalue weighted by Gasteiger charge is -2.39. The average Bonchev–Trinajstić information content (AvgIpc) is 3.52. The fourth-order valence-electron chi connectivity index (χ4n) is 4.37. The van der Waals surface area contributed by atoms with Gasteiger partial charge in [0.2, 0.25) is 11.8 Å². The first kappa shape index (κ1) is 17.3. The molecule has 1 saturated carbocycles. The molecular formula is C21H26N6O. The van der Waals surface area contributed by atoms with Crippen molar-refractivity contribution in [3.63, 3.8) is 0 Å². The highest BCUT2D eigenvalue weighted by Crippen LogP contribution is 2.36. The number of nitrogens with zero attached hydrogens (tertiary/aromatic N) is 6. The number of fused-ring (bicyclic) bond motifs is 1. The van der Waals surface area contributed by atoms with Crippen LogP contribution in [0.25, 0.3) is 11.0 Å². The Morgan fingerprint density at radius 2 is 1.79 bits per heavy atom. The summed E-state index contributed by atoms with van der Waals surface area (Å²) < 4.78 is 7.52. The normalized spacial score (nSPS) is 17.9. The molecular weight excluding hydrogens is 352 g/mol. The first-order chi connectivity index (χ1) is 13.7. The minimum Gasteiger partial charge on any atom is -0.481 e. The molecule has 0 bridgehead atoms. The molecule has 0 radical (unpaired) electrons. The quantitative estimate of drug-likeness (QED) is 0.680. The number of ether oxygens (including phenoxy) is 1. The SMILES string of the molecule is COc1cc(N(C2CC2)C2CCN(c3nc4ccccc4n3C)CC2)ncn1. The maximum atomic E-state index is 5.31. The van der Waals surface area contributed by atoms with Gasteiger partial charge in [0.25, 0.3) is 0 Å². The summed E-state index contributed by atoms with van der Waals surface area (Å²) in [5.74, 6) is 2.70. The number of imidazole rings is 1. The number of hydrogen-bond donors (Lipinski definition) is 0. The van der Waals surface area contributed by atoms with Crippen molar-refractivity contribution >= 4 is 22.8 Å². The van der Waals surface area contributed by atoms with Crippen LogP contribution in [0.5, 0.6) is 5.88 Å². The van der Waals surface area contributed by atoms with Crippen LogP contribution >= 0.6 is 0 Å². The molecule has 28 heavy (non-hydrogen) atoms. The van der Waals surface area contributed by atoms with Gasteiger partial charge in [-0.2, -0.15) is 0 Å². The smallest absolute Gasteiger partial charge is 0.218 e. The Kier molecular flexibility index (Phi) is 4.30. The van der Waals surface area contributed by atoms with Crippen LogP contribution in [-0.4, -0.2) is 51.8 Å². The number of para-hydroxylation sites is 2. The molecule has 0 unspecified atom stereocenters. The van der Waals surface area contributed by atoms with Gasteiger partial charge in [-0.15, -0.1) is 0 Å². The molecule has 3 heterocycles. The van der Waals surface area contributed by atoms with Crippen LogP contribution in [0.4, 0.5) is 11.8 Å². The van der Waals surface area contributed by atoms with Crippen molar-refractivity contribution in [1.29, 1.82) is 0 Å². The topological polar surface area (TPSA) is 59.3 Å². The molecule has 146 valence electrons. The second-order valence-corrected chi connectivity index (χ2v) is 7.73. The lowest BCUT2D eigenvalue weighted by atomic mass is 10.0. The molecule has 0 amide bonds. The highest BCUT2D eigenvalue weighted by molar-refractivity contribution is 5.78. The van der Waals surface area contributed by atoms with E-state index in [-0.39, 0.29) is 0 Å². The maximum Gasteiger partial charge on any atom is 0.218 e. The van der Waals surface area contributed by atoms with Gasteiger partial charge in [-0.1, -0.05) is 12.1 Å². The molecule has 1 saturated heterocycles. The Morgan fingerprint density at radius 1 is 1.04 bits per heavy atom. The van der Waals surface area contributed by atoms with Crippen molar-refractivity contribution in [2.75, 3.05) is 30.0 Å². The van der Waals surface area contributed by atoms with E-state index in [4.69, 9.17) is 9.72 Å².